The van der Waals surface area contributed by atoms with E-state index in [0.717, 1.165) is 77.4 Å². The lowest BCUT2D eigenvalue weighted by atomic mass is 9.75. The number of hydrogen-bond donors (Lipinski definition) is 0. The first-order chi connectivity index (χ1) is 34.8. The fraction of sp³-hybridized carbons (Fsp3) is 0.443. The minimum absolute atomic E-state index is 0.0557. The van der Waals surface area contributed by atoms with Crippen molar-refractivity contribution in [3.63, 3.8) is 0 Å². The second kappa shape index (κ2) is 23.4. The van der Waals surface area contributed by atoms with Crippen molar-refractivity contribution in [2.45, 2.75) is 129 Å². The zero-order valence-electron chi connectivity index (χ0n) is 43.1. The van der Waals surface area contributed by atoms with E-state index in [-0.39, 0.29) is 18.7 Å². The van der Waals surface area contributed by atoms with E-state index in [2.05, 4.69) is 46.1 Å². The Bertz CT molecular complexity index is 2730. The first kappa shape index (κ1) is 51.9. The van der Waals surface area contributed by atoms with Crippen molar-refractivity contribution in [1.29, 1.82) is 0 Å². The summed E-state index contributed by atoms with van der Waals surface area (Å²) in [5.41, 5.74) is 3.41. The fourth-order valence-electron chi connectivity index (χ4n) is 10.7. The Morgan fingerprint density at radius 1 is 0.778 bits per heavy atom. The van der Waals surface area contributed by atoms with Crippen LogP contribution in [0, 0.1) is 17.8 Å². The van der Waals surface area contributed by atoms with Gasteiger partial charge in [-0.25, -0.2) is 14.4 Å². The monoisotopic (exact) mass is 977 g/mol. The number of anilines is 1. The van der Waals surface area contributed by atoms with Gasteiger partial charge in [0.25, 0.3) is 0 Å². The molecule has 8 rings (SSSR count). The first-order valence-electron chi connectivity index (χ1n) is 26.1. The van der Waals surface area contributed by atoms with Gasteiger partial charge in [0.1, 0.15) is 35.3 Å². The van der Waals surface area contributed by atoms with Gasteiger partial charge in [-0.1, -0.05) is 115 Å². The Hall–Kier alpha value is -6.46. The summed E-state index contributed by atoms with van der Waals surface area (Å²) < 4.78 is 36.1. The molecular weight excluding hydrogens is 905 g/mol. The average Bonchev–Trinajstić information content (AvgIpc) is 3.53. The number of ether oxygens (including phenoxy) is 6. The molecule has 11 heteroatoms. The number of unbranched alkanes of at least 4 members (excludes halogenated alkanes) is 8. The van der Waals surface area contributed by atoms with Gasteiger partial charge in [0.05, 0.1) is 36.5 Å². The second-order valence-corrected chi connectivity index (χ2v) is 20.8. The van der Waals surface area contributed by atoms with Crippen LogP contribution in [0.4, 0.5) is 11.4 Å². The molecule has 0 N–H and O–H groups in total. The first-order valence-corrected chi connectivity index (χ1v) is 26.1. The minimum atomic E-state index is -0.979. The number of nitrogens with zero attached hydrogens (tertiary/aromatic N) is 2. The third-order valence-corrected chi connectivity index (χ3v) is 15.1. The highest BCUT2D eigenvalue weighted by molar-refractivity contribution is 6.01. The van der Waals surface area contributed by atoms with Crippen molar-refractivity contribution in [3.8, 4) is 34.1 Å². The molecule has 1 aliphatic carbocycles. The van der Waals surface area contributed by atoms with E-state index < -0.39 is 23.1 Å². The third kappa shape index (κ3) is 11.9. The van der Waals surface area contributed by atoms with Crippen molar-refractivity contribution in [1.82, 2.24) is 0 Å². The van der Waals surface area contributed by atoms with Gasteiger partial charge in [0.2, 0.25) is 5.72 Å². The van der Waals surface area contributed by atoms with Crippen LogP contribution in [0.5, 0.6) is 23.0 Å². The average molecular weight is 977 g/mol. The van der Waals surface area contributed by atoms with Gasteiger partial charge in [-0.2, -0.15) is 0 Å². The Morgan fingerprint density at radius 3 is 2.10 bits per heavy atom. The summed E-state index contributed by atoms with van der Waals surface area (Å²) in [7, 11) is 1.99. The van der Waals surface area contributed by atoms with Crippen molar-refractivity contribution in [2.24, 2.45) is 22.7 Å². The molecule has 4 atom stereocenters. The Kier molecular flexibility index (Phi) is 16.9. The van der Waals surface area contributed by atoms with Crippen LogP contribution in [-0.4, -0.2) is 62.8 Å². The normalized spacial score (nSPS) is 19.7. The highest BCUT2D eigenvalue weighted by Gasteiger charge is 2.59. The summed E-state index contributed by atoms with van der Waals surface area (Å²) in [6, 6.07) is 30.7. The molecule has 0 amide bonds. The number of aliphatic imine (C=N–C) groups is 1. The van der Waals surface area contributed by atoms with Crippen LogP contribution in [0.3, 0.4) is 0 Å². The van der Waals surface area contributed by atoms with Crippen LogP contribution in [0.25, 0.3) is 21.9 Å². The van der Waals surface area contributed by atoms with E-state index in [0.29, 0.717) is 59.5 Å². The van der Waals surface area contributed by atoms with E-state index in [1.807, 2.05) is 92.1 Å². The van der Waals surface area contributed by atoms with Gasteiger partial charge in [0, 0.05) is 24.2 Å². The SMILES string of the molecule is C=CC(=O)OCCCCCCCCCCCOc1ccc(-c2ccc(C(=O)Oc3ccc4ccc5c(c4c3)N=C[C@]3(O5)N(C)c4ccc(OC(=O)CO[C@@H]5C[C@H](C)CC[C@H]5C(C)C)cc4C3(C)C)cc2)cc1. The van der Waals surface area contributed by atoms with Gasteiger partial charge < -0.3 is 33.3 Å². The lowest BCUT2D eigenvalue weighted by Crippen LogP contribution is -2.61. The van der Waals surface area contributed by atoms with E-state index in [1.54, 1.807) is 18.2 Å². The topological polar surface area (TPSA) is 122 Å². The largest absolute Gasteiger partial charge is 0.494 e. The maximum absolute atomic E-state index is 13.5. The van der Waals surface area contributed by atoms with Crippen molar-refractivity contribution in [2.75, 3.05) is 31.8 Å². The van der Waals surface area contributed by atoms with Gasteiger partial charge >= 0.3 is 17.9 Å². The van der Waals surface area contributed by atoms with Gasteiger partial charge in [-0.3, -0.25) is 4.99 Å². The summed E-state index contributed by atoms with van der Waals surface area (Å²) in [5, 5.41) is 1.72. The number of carbonyl (C=O) groups excluding carboxylic acids is 3. The Balaban J connectivity index is 0.821. The maximum Gasteiger partial charge on any atom is 0.343 e. The molecule has 5 aromatic carbocycles. The number of carbonyl (C=O) groups is 3. The zero-order chi connectivity index (χ0) is 50.8. The number of hydrogen-bond acceptors (Lipinski definition) is 11. The van der Waals surface area contributed by atoms with E-state index >= 15 is 0 Å². The predicted molar refractivity (Wildman–Crippen MR) is 285 cm³/mol. The molecule has 0 radical (unpaired) electrons. The predicted octanol–water partition coefficient (Wildman–Crippen LogP) is 13.9. The molecule has 2 aliphatic heterocycles. The van der Waals surface area contributed by atoms with Crippen LogP contribution >= 0.6 is 0 Å². The Labute approximate surface area is 425 Å². The standard InChI is InChI=1S/C61H72N2O9/c1-8-56(64)68-35-17-15-13-11-9-10-12-14-16-34-67-47-27-23-44(24-28-47)43-19-21-46(22-20-43)59(66)71-48-29-25-45-26-33-54-58(51(45)37-48)62-40-61(72-54)60(5,6)52-38-49(30-32-53(52)63(61)7)70-57(65)39-69-55-36-42(4)18-31-50(55)41(2)3/h8,19-30,32-33,37-38,40-42,50,55H,1,9-18,31,34-36,39H2,2-7H3/t42-,50+,55-,61-/m1/s1. The molecule has 0 saturated heterocycles. The molecule has 3 aliphatic rings. The number of rotatable bonds is 22. The molecule has 5 aromatic rings. The van der Waals surface area contributed by atoms with Gasteiger partial charge in [0.15, 0.2) is 0 Å². The fourth-order valence-corrected chi connectivity index (χ4v) is 10.7. The molecule has 1 saturated carbocycles. The summed E-state index contributed by atoms with van der Waals surface area (Å²) in [6.45, 7) is 15.4. The smallest absolute Gasteiger partial charge is 0.343 e. The van der Waals surface area contributed by atoms with Crippen molar-refractivity contribution >= 4 is 46.3 Å². The Morgan fingerprint density at radius 2 is 1.40 bits per heavy atom. The minimum Gasteiger partial charge on any atom is -0.494 e. The van der Waals surface area contributed by atoms with Crippen LogP contribution in [0.15, 0.2) is 115 Å². The quantitative estimate of drug-likeness (QED) is 0.0287. The summed E-state index contributed by atoms with van der Waals surface area (Å²) >= 11 is 0. The van der Waals surface area contributed by atoms with Crippen LogP contribution in [-0.2, 0) is 24.5 Å². The summed E-state index contributed by atoms with van der Waals surface area (Å²) in [6.07, 6.45) is 16.6. The van der Waals surface area contributed by atoms with Gasteiger partial charge in [-0.15, -0.1) is 0 Å². The number of likely N-dealkylation sites (N-methyl/N-ethyl adjacent to an activating group) is 1. The van der Waals surface area contributed by atoms with E-state index in [9.17, 15) is 14.4 Å². The number of benzene rings is 5. The van der Waals surface area contributed by atoms with Crippen molar-refractivity contribution < 1.29 is 42.8 Å². The molecule has 2 heterocycles. The second-order valence-electron chi connectivity index (χ2n) is 20.8. The molecular formula is C61H72N2O9. The number of esters is 3. The van der Waals surface area contributed by atoms with E-state index in [1.165, 1.54) is 44.6 Å². The lowest BCUT2D eigenvalue weighted by Gasteiger charge is -2.45. The molecule has 0 unspecified atom stereocenters. The maximum atomic E-state index is 13.5. The molecule has 0 aromatic heterocycles. The summed E-state index contributed by atoms with van der Waals surface area (Å²) in [4.78, 5) is 44.9. The van der Waals surface area contributed by atoms with Crippen LogP contribution < -0.4 is 23.8 Å². The van der Waals surface area contributed by atoms with Crippen molar-refractivity contribution in [3.05, 3.63) is 121 Å². The van der Waals surface area contributed by atoms with E-state index in [4.69, 9.17) is 33.4 Å². The number of fused-ring (bicyclic) bond motifs is 4. The zero-order valence-corrected chi connectivity index (χ0v) is 43.1. The lowest BCUT2D eigenvalue weighted by molar-refractivity contribution is -0.145. The third-order valence-electron chi connectivity index (χ3n) is 15.1. The molecule has 1 fully saturated rings. The molecule has 72 heavy (non-hydrogen) atoms. The molecule has 1 spiro atoms. The molecule has 11 nitrogen and oxygen atoms in total. The highest BCUT2D eigenvalue weighted by atomic mass is 16.6. The molecule has 380 valence electrons. The highest BCUT2D eigenvalue weighted by Crippen LogP contribution is 2.55. The van der Waals surface area contributed by atoms with Crippen LogP contribution in [0.1, 0.15) is 128 Å². The van der Waals surface area contributed by atoms with Crippen LogP contribution in [0.2, 0.25) is 0 Å². The van der Waals surface area contributed by atoms with Gasteiger partial charge in [-0.05, 0) is 140 Å². The molecule has 0 bridgehead atoms. The summed E-state index contributed by atoms with van der Waals surface area (Å²) in [5.74, 6) is 2.60.